The Morgan fingerprint density at radius 3 is 2.36 bits per heavy atom. The Kier molecular flexibility index (Phi) is 4.67. The van der Waals surface area contributed by atoms with Crippen LogP contribution in [-0.4, -0.2) is 48.2 Å². The molecule has 1 aromatic heterocycles. The van der Waals surface area contributed by atoms with Crippen LogP contribution in [0.1, 0.15) is 26.4 Å². The van der Waals surface area contributed by atoms with Gasteiger partial charge in [-0.25, -0.2) is 4.98 Å². The van der Waals surface area contributed by atoms with Gasteiger partial charge in [-0.3, -0.25) is 14.5 Å². The van der Waals surface area contributed by atoms with Gasteiger partial charge in [-0.1, -0.05) is 28.9 Å². The number of benzene rings is 1. The number of imide groups is 1. The second kappa shape index (κ2) is 6.90. The van der Waals surface area contributed by atoms with E-state index >= 15 is 0 Å². The third-order valence-corrected chi connectivity index (χ3v) is 4.00. The number of hydrogen-bond acceptors (Lipinski definition) is 6. The number of rotatable bonds is 5. The van der Waals surface area contributed by atoms with Crippen LogP contribution in [0.15, 0.2) is 41.7 Å². The van der Waals surface area contributed by atoms with Crippen LogP contribution in [0.3, 0.4) is 0 Å². The van der Waals surface area contributed by atoms with Crippen LogP contribution in [0.2, 0.25) is 5.02 Å². The summed E-state index contributed by atoms with van der Waals surface area (Å²) in [4.78, 5) is 35.1. The van der Waals surface area contributed by atoms with Gasteiger partial charge in [-0.05, 0) is 12.1 Å². The fraction of sp³-hybridized carbons (Fsp3) is 0.176. The topological polar surface area (TPSA) is 81.1 Å². The van der Waals surface area contributed by atoms with Crippen molar-refractivity contribution in [3.8, 4) is 5.75 Å². The maximum Gasteiger partial charge on any atom is 0.261 e. The number of pyridine rings is 1. The standard InChI is InChI=1S/C17H14ClN3O4/c1-24-10-7-13(18)15(19-8-10)14(20-25-2)9-21-16(22)11-5-3-4-6-12(11)17(21)23/h3-8H,9H2,1-2H3. The molecule has 128 valence electrons. The Hall–Kier alpha value is -2.93. The predicted molar refractivity (Wildman–Crippen MR) is 91.2 cm³/mol. The molecule has 2 aromatic rings. The van der Waals surface area contributed by atoms with Crippen LogP contribution < -0.4 is 4.74 Å². The summed E-state index contributed by atoms with van der Waals surface area (Å²) in [6, 6.07) is 8.21. The van der Waals surface area contributed by atoms with E-state index in [9.17, 15) is 9.59 Å². The van der Waals surface area contributed by atoms with Crippen molar-refractivity contribution >= 4 is 29.1 Å². The van der Waals surface area contributed by atoms with Gasteiger partial charge in [0.2, 0.25) is 0 Å². The minimum Gasteiger partial charge on any atom is -0.495 e. The van der Waals surface area contributed by atoms with Gasteiger partial charge < -0.3 is 9.57 Å². The van der Waals surface area contributed by atoms with Gasteiger partial charge in [0.05, 0.1) is 36.0 Å². The van der Waals surface area contributed by atoms with Crippen LogP contribution in [0.5, 0.6) is 5.75 Å². The van der Waals surface area contributed by atoms with Gasteiger partial charge in [0.1, 0.15) is 24.3 Å². The number of halogens is 1. The monoisotopic (exact) mass is 359 g/mol. The Labute approximate surface area is 148 Å². The quantitative estimate of drug-likeness (QED) is 0.465. The number of ether oxygens (including phenoxy) is 1. The smallest absolute Gasteiger partial charge is 0.261 e. The first-order valence-corrected chi connectivity index (χ1v) is 7.69. The zero-order valence-electron chi connectivity index (χ0n) is 13.5. The lowest BCUT2D eigenvalue weighted by Crippen LogP contribution is -2.35. The molecule has 0 spiro atoms. The third kappa shape index (κ3) is 3.06. The fourth-order valence-electron chi connectivity index (χ4n) is 2.53. The summed E-state index contributed by atoms with van der Waals surface area (Å²) in [5.74, 6) is -0.311. The van der Waals surface area contributed by atoms with E-state index in [0.717, 1.165) is 4.90 Å². The fourth-order valence-corrected chi connectivity index (χ4v) is 2.80. The molecule has 0 N–H and O–H groups in total. The lowest BCUT2D eigenvalue weighted by molar-refractivity contribution is 0.0676. The maximum absolute atomic E-state index is 12.5. The maximum atomic E-state index is 12.5. The normalized spacial score (nSPS) is 13.9. The lowest BCUT2D eigenvalue weighted by Gasteiger charge is -2.15. The highest BCUT2D eigenvalue weighted by molar-refractivity contribution is 6.34. The van der Waals surface area contributed by atoms with Crippen LogP contribution >= 0.6 is 11.6 Å². The molecule has 1 aliphatic rings. The Morgan fingerprint density at radius 1 is 1.20 bits per heavy atom. The van der Waals surface area contributed by atoms with Crippen molar-refractivity contribution in [1.29, 1.82) is 0 Å². The van der Waals surface area contributed by atoms with E-state index < -0.39 is 11.8 Å². The van der Waals surface area contributed by atoms with Crippen molar-refractivity contribution < 1.29 is 19.2 Å². The van der Waals surface area contributed by atoms with Crippen molar-refractivity contribution in [1.82, 2.24) is 9.88 Å². The first kappa shape index (κ1) is 16.9. The summed E-state index contributed by atoms with van der Waals surface area (Å²) in [5, 5.41) is 4.16. The molecular formula is C17H14ClN3O4. The summed E-state index contributed by atoms with van der Waals surface area (Å²) in [5.41, 5.74) is 1.28. The number of nitrogens with zero attached hydrogens (tertiary/aromatic N) is 3. The van der Waals surface area contributed by atoms with Crippen LogP contribution in [0, 0.1) is 0 Å². The molecule has 25 heavy (non-hydrogen) atoms. The van der Waals surface area contributed by atoms with Crippen LogP contribution in [0.25, 0.3) is 0 Å². The second-order valence-electron chi connectivity index (χ2n) is 5.17. The molecular weight excluding hydrogens is 346 g/mol. The number of carbonyl (C=O) groups is 2. The number of methoxy groups -OCH3 is 1. The van der Waals surface area contributed by atoms with Gasteiger partial charge in [0.25, 0.3) is 11.8 Å². The zero-order valence-corrected chi connectivity index (χ0v) is 14.3. The Balaban J connectivity index is 1.93. The van der Waals surface area contributed by atoms with Gasteiger partial charge in [0, 0.05) is 6.07 Å². The van der Waals surface area contributed by atoms with Crippen molar-refractivity contribution in [2.24, 2.45) is 5.16 Å². The Bertz CT molecular complexity index is 847. The average Bonchev–Trinajstić information content (AvgIpc) is 2.86. The van der Waals surface area contributed by atoms with Gasteiger partial charge in [-0.15, -0.1) is 0 Å². The lowest BCUT2D eigenvalue weighted by atomic mass is 10.1. The molecule has 0 saturated carbocycles. The minimum atomic E-state index is -0.394. The third-order valence-electron chi connectivity index (χ3n) is 3.71. The molecule has 3 rings (SSSR count). The van der Waals surface area contributed by atoms with Crippen LogP contribution in [0.4, 0.5) is 0 Å². The molecule has 8 heteroatoms. The number of fused-ring (bicyclic) bond motifs is 1. The zero-order chi connectivity index (χ0) is 18.0. The molecule has 0 atom stereocenters. The van der Waals surface area contributed by atoms with E-state index in [0.29, 0.717) is 22.6 Å². The van der Waals surface area contributed by atoms with Gasteiger partial charge in [-0.2, -0.15) is 0 Å². The largest absolute Gasteiger partial charge is 0.495 e. The first-order chi connectivity index (χ1) is 12.1. The highest BCUT2D eigenvalue weighted by Gasteiger charge is 2.36. The number of aromatic nitrogens is 1. The number of oxime groups is 1. The van der Waals surface area contributed by atoms with Gasteiger partial charge >= 0.3 is 0 Å². The molecule has 1 aliphatic heterocycles. The molecule has 2 amide bonds. The summed E-state index contributed by atoms with van der Waals surface area (Å²) < 4.78 is 5.06. The summed E-state index contributed by atoms with van der Waals surface area (Å²) in [6.07, 6.45) is 1.47. The molecule has 0 unspecified atom stereocenters. The molecule has 0 radical (unpaired) electrons. The van der Waals surface area contributed by atoms with E-state index in [-0.39, 0.29) is 17.3 Å². The van der Waals surface area contributed by atoms with Gasteiger partial charge in [0.15, 0.2) is 0 Å². The van der Waals surface area contributed by atoms with Crippen molar-refractivity contribution in [3.63, 3.8) is 0 Å². The average molecular weight is 360 g/mol. The molecule has 1 aromatic carbocycles. The first-order valence-electron chi connectivity index (χ1n) is 7.32. The van der Waals surface area contributed by atoms with Crippen molar-refractivity contribution in [2.45, 2.75) is 0 Å². The molecule has 0 saturated heterocycles. The molecule has 0 aliphatic carbocycles. The van der Waals surface area contributed by atoms with E-state index in [4.69, 9.17) is 21.2 Å². The molecule has 0 bridgehead atoms. The van der Waals surface area contributed by atoms with E-state index in [1.54, 1.807) is 30.3 Å². The Morgan fingerprint density at radius 2 is 1.84 bits per heavy atom. The number of carbonyl (C=O) groups excluding carboxylic acids is 2. The number of amides is 2. The summed E-state index contributed by atoms with van der Waals surface area (Å²) in [6.45, 7) is -0.112. The number of hydrogen-bond donors (Lipinski definition) is 0. The summed E-state index contributed by atoms with van der Waals surface area (Å²) >= 11 is 6.22. The highest BCUT2D eigenvalue weighted by Crippen LogP contribution is 2.25. The second-order valence-corrected chi connectivity index (χ2v) is 5.58. The van der Waals surface area contributed by atoms with E-state index in [2.05, 4.69) is 10.1 Å². The van der Waals surface area contributed by atoms with Crippen molar-refractivity contribution in [2.75, 3.05) is 20.8 Å². The highest BCUT2D eigenvalue weighted by atomic mass is 35.5. The van der Waals surface area contributed by atoms with Crippen LogP contribution in [-0.2, 0) is 4.84 Å². The minimum absolute atomic E-state index is 0.112. The molecule has 2 heterocycles. The predicted octanol–water partition coefficient (Wildman–Crippen LogP) is 2.39. The summed E-state index contributed by atoms with van der Waals surface area (Å²) in [7, 11) is 2.86. The molecule has 0 fully saturated rings. The molecule has 7 nitrogen and oxygen atoms in total. The SMILES string of the molecule is CON=C(CN1C(=O)c2ccccc2C1=O)c1ncc(OC)cc1Cl. The van der Waals surface area contributed by atoms with Crippen molar-refractivity contribution in [3.05, 3.63) is 58.4 Å². The van der Waals surface area contributed by atoms with E-state index in [1.807, 2.05) is 0 Å². The van der Waals surface area contributed by atoms with E-state index in [1.165, 1.54) is 20.4 Å².